The smallest absolute Gasteiger partial charge is 0.194 e. The lowest BCUT2D eigenvalue weighted by Crippen LogP contribution is -2.18. The molecule has 0 spiro atoms. The van der Waals surface area contributed by atoms with E-state index in [0.717, 1.165) is 18.1 Å². The van der Waals surface area contributed by atoms with E-state index in [1.165, 1.54) is 12.8 Å². The Morgan fingerprint density at radius 3 is 2.38 bits per heavy atom. The fraction of sp³-hybridized carbons (Fsp3) is 0.786. The number of aromatic nitrogens is 1. The molecular weight excluding hydrogens is 198 g/mol. The van der Waals surface area contributed by atoms with Crippen LogP contribution in [0.3, 0.4) is 0 Å². The largest absolute Gasteiger partial charge is 0.445 e. The predicted molar refractivity (Wildman–Crippen MR) is 65.3 cm³/mol. The van der Waals surface area contributed by atoms with E-state index in [4.69, 9.17) is 4.42 Å². The summed E-state index contributed by atoms with van der Waals surface area (Å²) in [7, 11) is 0. The normalized spacial score (nSPS) is 16.7. The number of nitrogens with zero attached hydrogens (tertiary/aromatic N) is 1. The Hall–Kier alpha value is -0.790. The highest BCUT2D eigenvalue weighted by molar-refractivity contribution is 5.08. The average molecular weight is 221 g/mol. The van der Waals surface area contributed by atoms with Crippen molar-refractivity contribution in [3.8, 4) is 0 Å². The van der Waals surface area contributed by atoms with E-state index in [-0.39, 0.29) is 0 Å². The van der Waals surface area contributed by atoms with Gasteiger partial charge in [0.15, 0.2) is 5.89 Å². The molecule has 0 saturated heterocycles. The lowest BCUT2D eigenvalue weighted by atomic mass is 9.83. The molecule has 0 aromatic carbocycles. The second-order valence-electron chi connectivity index (χ2n) is 5.79. The average Bonchev–Trinajstić information content (AvgIpc) is 2.94. The Balaban J connectivity index is 2.00. The molecule has 0 bridgehead atoms. The van der Waals surface area contributed by atoms with Crippen LogP contribution in [-0.4, -0.2) is 4.98 Å². The van der Waals surface area contributed by atoms with Crippen LogP contribution in [0.25, 0.3) is 0 Å². The monoisotopic (exact) mass is 221 g/mol. The lowest BCUT2D eigenvalue weighted by Gasteiger charge is -2.23. The molecule has 1 aliphatic carbocycles. The van der Waals surface area contributed by atoms with Gasteiger partial charge in [0, 0.05) is 12.3 Å². The van der Waals surface area contributed by atoms with Gasteiger partial charge < -0.3 is 4.42 Å². The Bertz CT molecular complexity index is 328. The van der Waals surface area contributed by atoms with E-state index < -0.39 is 0 Å². The molecule has 0 amide bonds. The molecule has 0 unspecified atom stereocenters. The van der Waals surface area contributed by atoms with Crippen molar-refractivity contribution in [2.75, 3.05) is 0 Å². The molecule has 16 heavy (non-hydrogen) atoms. The maximum absolute atomic E-state index is 5.83. The van der Waals surface area contributed by atoms with Gasteiger partial charge >= 0.3 is 0 Å². The van der Waals surface area contributed by atoms with Gasteiger partial charge in [-0.25, -0.2) is 4.98 Å². The summed E-state index contributed by atoms with van der Waals surface area (Å²) < 4.78 is 5.83. The molecular formula is C14H23NO. The first-order chi connectivity index (χ1) is 7.58. The van der Waals surface area contributed by atoms with Crippen LogP contribution < -0.4 is 0 Å². The fourth-order valence-corrected chi connectivity index (χ4v) is 2.42. The zero-order valence-electron chi connectivity index (χ0n) is 10.9. The van der Waals surface area contributed by atoms with Gasteiger partial charge in [0.1, 0.15) is 5.76 Å². The standard InChI is InChI=1S/C14H23NO/c1-9(2)12(10(3)4)7-14-15-8-13(16-14)11-5-6-11/h8-12H,5-7H2,1-4H3. The Kier molecular flexibility index (Phi) is 3.36. The first-order valence-electron chi connectivity index (χ1n) is 6.52. The van der Waals surface area contributed by atoms with Gasteiger partial charge in [-0.15, -0.1) is 0 Å². The fourth-order valence-electron chi connectivity index (χ4n) is 2.42. The van der Waals surface area contributed by atoms with Crippen molar-refractivity contribution in [3.05, 3.63) is 17.8 Å². The molecule has 1 aromatic heterocycles. The second-order valence-corrected chi connectivity index (χ2v) is 5.79. The van der Waals surface area contributed by atoms with Crippen LogP contribution in [-0.2, 0) is 6.42 Å². The van der Waals surface area contributed by atoms with Crippen LogP contribution in [0.15, 0.2) is 10.6 Å². The quantitative estimate of drug-likeness (QED) is 0.750. The van der Waals surface area contributed by atoms with Gasteiger partial charge in [-0.3, -0.25) is 0 Å². The number of oxazole rings is 1. The maximum atomic E-state index is 5.83. The zero-order valence-corrected chi connectivity index (χ0v) is 10.9. The van der Waals surface area contributed by atoms with Gasteiger partial charge in [0.25, 0.3) is 0 Å². The Labute approximate surface area is 98.5 Å². The van der Waals surface area contributed by atoms with E-state index >= 15 is 0 Å². The van der Waals surface area contributed by atoms with Crippen molar-refractivity contribution >= 4 is 0 Å². The third kappa shape index (κ3) is 2.66. The summed E-state index contributed by atoms with van der Waals surface area (Å²) in [5.41, 5.74) is 0. The van der Waals surface area contributed by atoms with Gasteiger partial charge in [0.2, 0.25) is 0 Å². The van der Waals surface area contributed by atoms with Gasteiger partial charge in [0.05, 0.1) is 6.20 Å². The summed E-state index contributed by atoms with van der Waals surface area (Å²) in [5.74, 6) is 4.78. The van der Waals surface area contributed by atoms with Gasteiger partial charge in [-0.2, -0.15) is 0 Å². The molecule has 1 saturated carbocycles. The summed E-state index contributed by atoms with van der Waals surface area (Å²) >= 11 is 0. The zero-order chi connectivity index (χ0) is 11.7. The molecule has 1 heterocycles. The van der Waals surface area contributed by atoms with E-state index in [1.54, 1.807) is 0 Å². The van der Waals surface area contributed by atoms with E-state index in [1.807, 2.05) is 6.20 Å². The van der Waals surface area contributed by atoms with Crippen molar-refractivity contribution in [1.29, 1.82) is 0 Å². The summed E-state index contributed by atoms with van der Waals surface area (Å²) in [6.07, 6.45) is 5.49. The summed E-state index contributed by atoms with van der Waals surface area (Å²) in [6.45, 7) is 9.15. The molecule has 1 fully saturated rings. The summed E-state index contributed by atoms with van der Waals surface area (Å²) in [4.78, 5) is 4.42. The van der Waals surface area contributed by atoms with Crippen molar-refractivity contribution in [2.24, 2.45) is 17.8 Å². The third-order valence-corrected chi connectivity index (χ3v) is 3.67. The van der Waals surface area contributed by atoms with Gasteiger partial charge in [-0.05, 0) is 30.6 Å². The van der Waals surface area contributed by atoms with Crippen molar-refractivity contribution in [1.82, 2.24) is 4.98 Å². The molecule has 1 aliphatic rings. The highest BCUT2D eigenvalue weighted by Crippen LogP contribution is 2.40. The van der Waals surface area contributed by atoms with Crippen LogP contribution >= 0.6 is 0 Å². The van der Waals surface area contributed by atoms with Crippen LogP contribution in [0.4, 0.5) is 0 Å². The summed E-state index contributed by atoms with van der Waals surface area (Å²) in [6, 6.07) is 0. The highest BCUT2D eigenvalue weighted by atomic mass is 16.4. The molecule has 2 rings (SSSR count). The molecule has 1 aromatic rings. The number of hydrogen-bond donors (Lipinski definition) is 0. The maximum Gasteiger partial charge on any atom is 0.194 e. The number of hydrogen-bond acceptors (Lipinski definition) is 2. The van der Waals surface area contributed by atoms with E-state index in [0.29, 0.717) is 23.7 Å². The molecule has 2 heteroatoms. The molecule has 2 nitrogen and oxygen atoms in total. The first-order valence-corrected chi connectivity index (χ1v) is 6.52. The molecule has 0 N–H and O–H groups in total. The van der Waals surface area contributed by atoms with Crippen LogP contribution in [0, 0.1) is 17.8 Å². The lowest BCUT2D eigenvalue weighted by molar-refractivity contribution is 0.263. The van der Waals surface area contributed by atoms with Crippen LogP contribution in [0.2, 0.25) is 0 Å². The van der Waals surface area contributed by atoms with Crippen molar-refractivity contribution < 1.29 is 4.42 Å². The molecule has 0 radical (unpaired) electrons. The minimum atomic E-state index is 0.672. The van der Waals surface area contributed by atoms with Crippen LogP contribution in [0.1, 0.15) is 58.1 Å². The highest BCUT2D eigenvalue weighted by Gasteiger charge is 2.28. The SMILES string of the molecule is CC(C)C(Cc1ncc(C2CC2)o1)C(C)C. The second kappa shape index (κ2) is 4.60. The van der Waals surface area contributed by atoms with Crippen LogP contribution in [0.5, 0.6) is 0 Å². The third-order valence-electron chi connectivity index (χ3n) is 3.67. The molecule has 90 valence electrons. The van der Waals surface area contributed by atoms with Crippen molar-refractivity contribution in [2.45, 2.75) is 52.9 Å². The van der Waals surface area contributed by atoms with E-state index in [2.05, 4.69) is 32.7 Å². The molecule has 0 aliphatic heterocycles. The van der Waals surface area contributed by atoms with E-state index in [9.17, 15) is 0 Å². The summed E-state index contributed by atoms with van der Waals surface area (Å²) in [5, 5.41) is 0. The van der Waals surface area contributed by atoms with Crippen molar-refractivity contribution in [3.63, 3.8) is 0 Å². The Morgan fingerprint density at radius 1 is 1.25 bits per heavy atom. The minimum absolute atomic E-state index is 0.672. The molecule has 0 atom stereocenters. The Morgan fingerprint density at radius 2 is 1.88 bits per heavy atom. The first kappa shape index (κ1) is 11.7. The topological polar surface area (TPSA) is 26.0 Å². The number of rotatable bonds is 5. The predicted octanol–water partition coefficient (Wildman–Crippen LogP) is 4.02. The van der Waals surface area contributed by atoms with Gasteiger partial charge in [-0.1, -0.05) is 27.7 Å². The minimum Gasteiger partial charge on any atom is -0.445 e.